The predicted octanol–water partition coefficient (Wildman–Crippen LogP) is 2.78. The van der Waals surface area contributed by atoms with Crippen molar-refractivity contribution in [2.45, 2.75) is 19.9 Å². The van der Waals surface area contributed by atoms with Crippen LogP contribution in [0, 0.1) is 0 Å². The van der Waals surface area contributed by atoms with Crippen LogP contribution >= 0.6 is 0 Å². The minimum absolute atomic E-state index is 0.0591. The molecule has 0 aliphatic carbocycles. The van der Waals surface area contributed by atoms with Gasteiger partial charge in [0, 0.05) is 17.7 Å². The summed E-state index contributed by atoms with van der Waals surface area (Å²) in [7, 11) is 0. The minimum atomic E-state index is -1.03. The molecule has 0 bridgehead atoms. The fourth-order valence-electron chi connectivity index (χ4n) is 1.97. The number of benzene rings is 1. The Morgan fingerprint density at radius 1 is 1.36 bits per heavy atom. The van der Waals surface area contributed by atoms with Crippen molar-refractivity contribution in [1.82, 2.24) is 9.78 Å². The third-order valence-corrected chi connectivity index (χ3v) is 3.09. The summed E-state index contributed by atoms with van der Waals surface area (Å²) in [4.78, 5) is 22.5. The van der Waals surface area contributed by atoms with E-state index >= 15 is 0 Å². The molecule has 0 aliphatic rings. The Bertz CT molecular complexity index is 702. The molecule has 2 N–H and O–H groups in total. The van der Waals surface area contributed by atoms with Crippen LogP contribution in [0.5, 0.6) is 0 Å². The molecule has 1 aromatic carbocycles. The van der Waals surface area contributed by atoms with Crippen molar-refractivity contribution < 1.29 is 14.7 Å². The first kappa shape index (κ1) is 15.5. The number of aromatic carboxylic acids is 1. The summed E-state index contributed by atoms with van der Waals surface area (Å²) in [6.45, 7) is 5.70. The molecule has 1 heterocycles. The van der Waals surface area contributed by atoms with Crippen molar-refractivity contribution in [2.24, 2.45) is 0 Å². The zero-order chi connectivity index (χ0) is 16.1. The van der Waals surface area contributed by atoms with Gasteiger partial charge in [-0.25, -0.2) is 4.79 Å². The summed E-state index contributed by atoms with van der Waals surface area (Å²) in [5.74, 6) is -1.09. The molecule has 1 amide bonds. The van der Waals surface area contributed by atoms with E-state index in [9.17, 15) is 14.7 Å². The number of allylic oxidation sites excluding steroid dienone is 1. The van der Waals surface area contributed by atoms with Gasteiger partial charge in [0.25, 0.3) is 0 Å². The summed E-state index contributed by atoms with van der Waals surface area (Å²) in [6, 6.07) is 8.62. The maximum absolute atomic E-state index is 11.3. The lowest BCUT2D eigenvalue weighted by Gasteiger charge is -2.04. The predicted molar refractivity (Wildman–Crippen MR) is 83.7 cm³/mol. The first-order valence-corrected chi connectivity index (χ1v) is 6.87. The molecule has 0 saturated carbocycles. The van der Waals surface area contributed by atoms with Crippen molar-refractivity contribution in [3.63, 3.8) is 0 Å². The van der Waals surface area contributed by atoms with Crippen LogP contribution in [-0.4, -0.2) is 26.8 Å². The highest BCUT2D eigenvalue weighted by Crippen LogP contribution is 2.21. The van der Waals surface area contributed by atoms with Gasteiger partial charge >= 0.3 is 5.97 Å². The molecule has 1 aromatic heterocycles. The van der Waals surface area contributed by atoms with E-state index in [0.717, 1.165) is 5.56 Å². The average molecular weight is 299 g/mol. The molecule has 0 fully saturated rings. The number of anilines is 1. The minimum Gasteiger partial charge on any atom is -0.477 e. The molecule has 6 nitrogen and oxygen atoms in total. The number of carbonyl (C=O) groups excluding carboxylic acids is 1. The zero-order valence-electron chi connectivity index (χ0n) is 12.2. The van der Waals surface area contributed by atoms with Crippen molar-refractivity contribution >= 4 is 17.6 Å². The second kappa shape index (κ2) is 6.71. The lowest BCUT2D eigenvalue weighted by Crippen LogP contribution is -2.09. The largest absolute Gasteiger partial charge is 0.477 e. The summed E-state index contributed by atoms with van der Waals surface area (Å²) >= 11 is 0. The van der Waals surface area contributed by atoms with E-state index in [1.165, 1.54) is 10.7 Å². The third-order valence-electron chi connectivity index (χ3n) is 3.09. The highest BCUT2D eigenvalue weighted by Gasteiger charge is 2.14. The number of aromatic nitrogens is 2. The lowest BCUT2D eigenvalue weighted by atomic mass is 10.1. The number of nitrogens with zero attached hydrogens (tertiary/aromatic N) is 2. The number of carboxylic acid groups (broad SMARTS) is 1. The Hall–Kier alpha value is -2.89. The standard InChI is InChI=1S/C16H17N3O3/c1-3-9-19-14(16(21)22)10-13(18-19)11-5-7-12(8-6-11)17-15(20)4-2/h3,5-8,10H,1,4,9H2,2H3,(H,17,20)(H,21,22). The van der Waals surface area contributed by atoms with Gasteiger partial charge in [0.15, 0.2) is 0 Å². The van der Waals surface area contributed by atoms with Crippen molar-refractivity contribution in [3.8, 4) is 11.3 Å². The number of nitrogens with one attached hydrogen (secondary N) is 1. The fraction of sp³-hybridized carbons (Fsp3) is 0.188. The molecule has 2 rings (SSSR count). The Kier molecular flexibility index (Phi) is 4.73. The van der Waals surface area contributed by atoms with Gasteiger partial charge in [0.2, 0.25) is 5.91 Å². The van der Waals surface area contributed by atoms with Crippen LogP contribution in [0.3, 0.4) is 0 Å². The molecule has 0 aliphatic heterocycles. The van der Waals surface area contributed by atoms with Gasteiger partial charge in [-0.3, -0.25) is 9.48 Å². The van der Waals surface area contributed by atoms with Gasteiger partial charge in [-0.2, -0.15) is 5.10 Å². The molecule has 2 aromatic rings. The van der Waals surface area contributed by atoms with Crippen LogP contribution in [-0.2, 0) is 11.3 Å². The van der Waals surface area contributed by atoms with Crippen LogP contribution < -0.4 is 5.32 Å². The normalized spacial score (nSPS) is 10.2. The number of amides is 1. The van der Waals surface area contributed by atoms with Gasteiger partial charge < -0.3 is 10.4 Å². The van der Waals surface area contributed by atoms with E-state index < -0.39 is 5.97 Å². The maximum Gasteiger partial charge on any atom is 0.354 e. The quantitative estimate of drug-likeness (QED) is 0.803. The SMILES string of the molecule is C=CCn1nc(-c2ccc(NC(=O)CC)cc2)cc1C(=O)O. The number of rotatable bonds is 6. The van der Waals surface area contributed by atoms with Crippen LogP contribution in [0.1, 0.15) is 23.8 Å². The second-order valence-corrected chi connectivity index (χ2v) is 4.67. The van der Waals surface area contributed by atoms with E-state index in [0.29, 0.717) is 24.3 Å². The summed E-state index contributed by atoms with van der Waals surface area (Å²) < 4.78 is 1.39. The van der Waals surface area contributed by atoms with Crippen molar-refractivity contribution in [3.05, 3.63) is 48.7 Å². The molecule has 22 heavy (non-hydrogen) atoms. The molecule has 6 heteroatoms. The molecular weight excluding hydrogens is 282 g/mol. The zero-order valence-corrected chi connectivity index (χ0v) is 12.2. The molecule has 114 valence electrons. The van der Waals surface area contributed by atoms with Crippen LogP contribution in [0.4, 0.5) is 5.69 Å². The van der Waals surface area contributed by atoms with Gasteiger partial charge in [-0.05, 0) is 18.2 Å². The topological polar surface area (TPSA) is 84.2 Å². The molecular formula is C16H17N3O3. The summed E-state index contributed by atoms with van der Waals surface area (Å²) in [5.41, 5.74) is 2.14. The van der Waals surface area contributed by atoms with E-state index in [4.69, 9.17) is 0 Å². The first-order chi connectivity index (χ1) is 10.5. The second-order valence-electron chi connectivity index (χ2n) is 4.67. The van der Waals surface area contributed by atoms with Crippen LogP contribution in [0.15, 0.2) is 43.0 Å². The maximum atomic E-state index is 11.3. The Morgan fingerprint density at radius 2 is 2.05 bits per heavy atom. The van der Waals surface area contributed by atoms with Gasteiger partial charge in [0.05, 0.1) is 12.2 Å². The first-order valence-electron chi connectivity index (χ1n) is 6.87. The number of hydrogen-bond donors (Lipinski definition) is 2. The van der Waals surface area contributed by atoms with Crippen molar-refractivity contribution in [1.29, 1.82) is 0 Å². The third kappa shape index (κ3) is 3.41. The number of hydrogen-bond acceptors (Lipinski definition) is 3. The lowest BCUT2D eigenvalue weighted by molar-refractivity contribution is -0.115. The number of carbonyl (C=O) groups is 2. The van der Waals surface area contributed by atoms with Gasteiger partial charge in [-0.1, -0.05) is 25.1 Å². The molecule has 0 atom stereocenters. The molecule has 0 radical (unpaired) electrons. The van der Waals surface area contributed by atoms with Gasteiger partial charge in [-0.15, -0.1) is 6.58 Å². The monoisotopic (exact) mass is 299 g/mol. The van der Waals surface area contributed by atoms with E-state index in [2.05, 4.69) is 17.0 Å². The summed E-state index contributed by atoms with van der Waals surface area (Å²) in [6.07, 6.45) is 2.00. The molecule has 0 spiro atoms. The fourth-order valence-corrected chi connectivity index (χ4v) is 1.97. The highest BCUT2D eigenvalue weighted by atomic mass is 16.4. The Balaban J connectivity index is 2.28. The van der Waals surface area contributed by atoms with E-state index in [1.54, 1.807) is 37.3 Å². The summed E-state index contributed by atoms with van der Waals surface area (Å²) in [5, 5.41) is 16.2. The van der Waals surface area contributed by atoms with Crippen molar-refractivity contribution in [2.75, 3.05) is 5.32 Å². The average Bonchev–Trinajstić information content (AvgIpc) is 2.92. The Morgan fingerprint density at radius 3 is 2.59 bits per heavy atom. The Labute approximate surface area is 128 Å². The smallest absolute Gasteiger partial charge is 0.354 e. The highest BCUT2D eigenvalue weighted by molar-refractivity contribution is 5.91. The molecule has 0 saturated heterocycles. The van der Waals surface area contributed by atoms with E-state index in [-0.39, 0.29) is 11.6 Å². The van der Waals surface area contributed by atoms with Crippen LogP contribution in [0.25, 0.3) is 11.3 Å². The molecule has 0 unspecified atom stereocenters. The van der Waals surface area contributed by atoms with Gasteiger partial charge in [0.1, 0.15) is 5.69 Å². The number of carboxylic acids is 1. The van der Waals surface area contributed by atoms with E-state index in [1.807, 2.05) is 0 Å². The van der Waals surface area contributed by atoms with Crippen LogP contribution in [0.2, 0.25) is 0 Å².